The van der Waals surface area contributed by atoms with Crippen LogP contribution in [-0.2, 0) is 56.8 Å². The topological polar surface area (TPSA) is 475 Å². The third-order valence-corrected chi connectivity index (χ3v) is 12.7. The van der Waals surface area contributed by atoms with Crippen molar-refractivity contribution < 1.29 is 149 Å². The number of hydrogen-bond donors (Lipinski definition) is 18. The summed E-state index contributed by atoms with van der Waals surface area (Å²) in [4.78, 5) is 0. The fourth-order valence-corrected chi connectivity index (χ4v) is 8.93. The van der Waals surface area contributed by atoms with Crippen LogP contribution in [0.1, 0.15) is 0 Å². The molecule has 384 valence electrons. The highest BCUT2D eigenvalue weighted by molar-refractivity contribution is 5.01. The summed E-state index contributed by atoms with van der Waals surface area (Å²) in [5, 5.41) is 196. The quantitative estimate of drug-likeness (QED) is 0.117. The van der Waals surface area contributed by atoms with Gasteiger partial charge in [-0.05, 0) is 0 Å². The van der Waals surface area contributed by atoms with Crippen LogP contribution in [0, 0.1) is 0 Å². The first kappa shape index (κ1) is 52.6. The molecule has 14 unspecified atom stereocenters. The number of aliphatic hydroxyl groups is 18. The van der Waals surface area contributed by atoms with Crippen LogP contribution in [0.4, 0.5) is 0 Å². The van der Waals surface area contributed by atoms with E-state index in [1.165, 1.54) is 0 Å². The minimum atomic E-state index is -2.15. The molecule has 0 aromatic rings. The van der Waals surface area contributed by atoms with Crippen LogP contribution in [0.15, 0.2) is 0 Å². The van der Waals surface area contributed by atoms with Gasteiger partial charge in [0.25, 0.3) is 0 Å². The number of ether oxygens (including phenoxy) is 12. The van der Waals surface area contributed by atoms with Gasteiger partial charge in [0.1, 0.15) is 146 Å². The Kier molecular flexibility index (Phi) is 17.6. The highest BCUT2D eigenvalue weighted by atomic mass is 16.8. The maximum atomic E-state index is 11.2. The molecule has 22 saturated heterocycles. The van der Waals surface area contributed by atoms with Gasteiger partial charge in [-0.25, -0.2) is 0 Å². The van der Waals surface area contributed by atoms with Gasteiger partial charge in [0, 0.05) is 0 Å². The molecule has 22 aliphatic rings. The minimum Gasteiger partial charge on any atom is -0.394 e. The lowest BCUT2D eigenvalue weighted by Crippen LogP contribution is -2.69. The zero-order chi connectivity index (χ0) is 48.0. The van der Waals surface area contributed by atoms with Gasteiger partial charge in [-0.2, -0.15) is 0 Å². The molecule has 0 aromatic carbocycles. The standard InChI is InChI=1S/C36H60O30/c37-1-7-25-13(43)19(49)31(55-7)62-26-8(2-38)57-33(21(51)15(26)45)64-28-10(4-40)59-35(23(53)17(28)47)66-30-12(6-42)60-36(24(54)18(30)48)65-29-11(5-41)58-34(22(52)16(29)46)63-27-9(3-39)56-32(61-25)20(50)14(27)44/h7-54H,1-6H2/t7?,8?,9?,10?,11?,12?,13-,14-,15-,16-,17-,18?,19?,20?,21?,22?,23?,24?,25+,26+,27+,28+,29+,30?,31+,32+,33+,34+,35+,36+/m1/s1. The predicted octanol–water partition coefficient (Wildman–Crippen LogP) is -13.1. The van der Waals surface area contributed by atoms with E-state index in [1.807, 2.05) is 0 Å². The van der Waals surface area contributed by atoms with Crippen molar-refractivity contribution in [3.05, 3.63) is 0 Å². The molecule has 22 fully saturated rings. The highest BCUT2D eigenvalue weighted by Crippen LogP contribution is 2.38. The second kappa shape index (κ2) is 22.1. The van der Waals surface area contributed by atoms with Gasteiger partial charge in [0.15, 0.2) is 37.7 Å². The molecule has 0 aromatic heterocycles. The van der Waals surface area contributed by atoms with Crippen molar-refractivity contribution >= 4 is 0 Å². The zero-order valence-corrected chi connectivity index (χ0v) is 34.5. The average Bonchev–Trinajstić information content (AvgIpc) is 3.31. The van der Waals surface area contributed by atoms with Gasteiger partial charge >= 0.3 is 0 Å². The summed E-state index contributed by atoms with van der Waals surface area (Å²) in [7, 11) is 0. The van der Waals surface area contributed by atoms with Gasteiger partial charge in [-0.15, -0.1) is 0 Å². The Morgan fingerprint density at radius 3 is 0.409 bits per heavy atom. The lowest BCUT2D eigenvalue weighted by molar-refractivity contribution is -0.404. The van der Waals surface area contributed by atoms with E-state index in [2.05, 4.69) is 0 Å². The van der Waals surface area contributed by atoms with Crippen LogP contribution in [-0.4, -0.2) is 316 Å². The molecule has 18 N–H and O–H groups in total. The Morgan fingerprint density at radius 1 is 0.182 bits per heavy atom. The van der Waals surface area contributed by atoms with Crippen LogP contribution < -0.4 is 0 Å². The van der Waals surface area contributed by atoms with Gasteiger partial charge in [-0.1, -0.05) is 0 Å². The first-order valence-electron chi connectivity index (χ1n) is 21.1. The summed E-state index contributed by atoms with van der Waals surface area (Å²) >= 11 is 0. The van der Waals surface area contributed by atoms with Crippen molar-refractivity contribution in [3.63, 3.8) is 0 Å². The Morgan fingerprint density at radius 2 is 0.303 bits per heavy atom. The van der Waals surface area contributed by atoms with E-state index in [1.54, 1.807) is 0 Å². The average molecular weight is 973 g/mol. The highest BCUT2D eigenvalue weighted by Gasteiger charge is 2.58. The Bertz CT molecular complexity index is 1230. The van der Waals surface area contributed by atoms with Crippen molar-refractivity contribution in [2.24, 2.45) is 0 Å². The van der Waals surface area contributed by atoms with Crippen LogP contribution in [0.3, 0.4) is 0 Å². The number of aliphatic hydroxyl groups excluding tert-OH is 18. The van der Waals surface area contributed by atoms with E-state index in [0.29, 0.717) is 0 Å². The molecule has 22 aliphatic heterocycles. The molecule has 22 heterocycles. The van der Waals surface area contributed by atoms with Crippen molar-refractivity contribution in [2.75, 3.05) is 39.6 Å². The summed E-state index contributed by atoms with van der Waals surface area (Å²) in [6.45, 7) is -5.99. The Labute approximate surface area is 372 Å². The third-order valence-electron chi connectivity index (χ3n) is 12.7. The van der Waals surface area contributed by atoms with Crippen molar-refractivity contribution in [1.29, 1.82) is 0 Å². The van der Waals surface area contributed by atoms with Gasteiger partial charge in [0.05, 0.1) is 39.6 Å². The van der Waals surface area contributed by atoms with Gasteiger partial charge in [-0.3, -0.25) is 0 Å². The normalized spacial score (nSPS) is 55.4. The fraction of sp³-hybridized carbons (Fsp3) is 1.00. The molecule has 0 aliphatic carbocycles. The summed E-state index contributed by atoms with van der Waals surface area (Å²) in [5.74, 6) is 0. The monoisotopic (exact) mass is 972 g/mol. The van der Waals surface area contributed by atoms with Gasteiger partial charge in [0.2, 0.25) is 0 Å². The van der Waals surface area contributed by atoms with E-state index in [4.69, 9.17) is 56.8 Å². The molecule has 30 nitrogen and oxygen atoms in total. The first-order valence-corrected chi connectivity index (χ1v) is 21.1. The smallest absolute Gasteiger partial charge is 0.187 e. The van der Waals surface area contributed by atoms with E-state index in [-0.39, 0.29) is 0 Å². The van der Waals surface area contributed by atoms with Crippen LogP contribution in [0.2, 0.25) is 0 Å². The van der Waals surface area contributed by atoms with Gasteiger partial charge < -0.3 is 149 Å². The second-order valence-electron chi connectivity index (χ2n) is 16.8. The van der Waals surface area contributed by atoms with E-state index in [9.17, 15) is 91.9 Å². The molecule has 30 atom stereocenters. The van der Waals surface area contributed by atoms with E-state index >= 15 is 0 Å². The van der Waals surface area contributed by atoms with E-state index in [0.717, 1.165) is 0 Å². The molecular formula is C36H60O30. The third kappa shape index (κ3) is 10.0. The molecule has 0 amide bonds. The number of hydrogen-bond acceptors (Lipinski definition) is 30. The maximum Gasteiger partial charge on any atom is 0.187 e. The Balaban J connectivity index is 1.19. The summed E-state index contributed by atoms with van der Waals surface area (Å²) < 4.78 is 67.9. The molecule has 0 radical (unpaired) electrons. The molecular weight excluding hydrogens is 912 g/mol. The number of rotatable bonds is 6. The molecule has 66 heavy (non-hydrogen) atoms. The predicted molar refractivity (Wildman–Crippen MR) is 196 cm³/mol. The fourth-order valence-electron chi connectivity index (χ4n) is 8.93. The van der Waals surface area contributed by atoms with Crippen LogP contribution in [0.5, 0.6) is 0 Å². The second-order valence-corrected chi connectivity index (χ2v) is 16.8. The van der Waals surface area contributed by atoms with Crippen LogP contribution >= 0.6 is 0 Å². The molecule has 12 bridgehead atoms. The zero-order valence-electron chi connectivity index (χ0n) is 34.5. The SMILES string of the molecule is OCC1O[C@H]2O[C@H]3C(CO)O[C@@H](O[C@H]4C(CO)O[C@@H](O[C@H]5C(CO)O[C@@H](O[C@H]6C(CO)O[C@@H](O[C@H]7C(CO)O[C@@H](OC1C(O)C2O)C(O)[C@H]7O)C(O)[C@H]6O)C(O)[C@H]5O)C(O)[C@H]4O)C(O)[C@H]3O. The molecule has 30 heteroatoms. The van der Waals surface area contributed by atoms with Crippen molar-refractivity contribution in [2.45, 2.75) is 184 Å². The summed E-state index contributed by atoms with van der Waals surface area (Å²) in [5.41, 5.74) is 0. The van der Waals surface area contributed by atoms with Crippen LogP contribution in [0.25, 0.3) is 0 Å². The Hall–Kier alpha value is -1.20. The molecule has 22 rings (SSSR count). The summed E-state index contributed by atoms with van der Waals surface area (Å²) in [6.07, 6.45) is -58.5. The maximum absolute atomic E-state index is 11.2. The molecule has 0 spiro atoms. The lowest BCUT2D eigenvalue weighted by Gasteiger charge is -2.50. The van der Waals surface area contributed by atoms with Crippen molar-refractivity contribution in [1.82, 2.24) is 0 Å². The van der Waals surface area contributed by atoms with Crippen molar-refractivity contribution in [3.8, 4) is 0 Å². The van der Waals surface area contributed by atoms with E-state index < -0.39 is 224 Å². The lowest BCUT2D eigenvalue weighted by atomic mass is 9.94. The first-order chi connectivity index (χ1) is 31.4. The molecule has 0 saturated carbocycles. The summed E-state index contributed by atoms with van der Waals surface area (Å²) in [6, 6.07) is 0. The largest absolute Gasteiger partial charge is 0.394 e. The minimum absolute atomic E-state index is 0.999.